The van der Waals surface area contributed by atoms with Crippen molar-refractivity contribution in [1.82, 2.24) is 0 Å². The minimum Gasteiger partial charge on any atom is -0.473 e. The Morgan fingerprint density at radius 3 is 1.35 bits per heavy atom. The number of hydrogen-bond donors (Lipinski definition) is 2. The topological polar surface area (TPSA) is 65.4 Å². The van der Waals surface area contributed by atoms with Crippen LogP contribution in [0.3, 0.4) is 0 Å². The van der Waals surface area contributed by atoms with Gasteiger partial charge in [-0.25, -0.2) is 0 Å². The molecule has 6 nitrogen and oxygen atoms in total. The van der Waals surface area contributed by atoms with Crippen LogP contribution >= 0.6 is 0 Å². The van der Waals surface area contributed by atoms with Crippen molar-refractivity contribution in [2.24, 2.45) is 0 Å². The largest absolute Gasteiger partial charge is 0.473 e. The highest BCUT2D eigenvalue weighted by molar-refractivity contribution is 5.53. The number of fused-ring (bicyclic) bond motifs is 2. The molecule has 37 heavy (non-hydrogen) atoms. The zero-order chi connectivity index (χ0) is 25.2. The lowest BCUT2D eigenvalue weighted by Crippen LogP contribution is -2.31. The maximum Gasteiger partial charge on any atom is 0.161 e. The van der Waals surface area contributed by atoms with Crippen molar-refractivity contribution in [2.45, 2.75) is 32.7 Å². The van der Waals surface area contributed by atoms with E-state index in [1.54, 1.807) is 0 Å². The molecular formula is C31H30N2O4. The molecule has 0 amide bonds. The maximum absolute atomic E-state index is 9.34. The minimum atomic E-state index is 0.0264. The summed E-state index contributed by atoms with van der Waals surface area (Å²) in [5, 5.41) is 18.7. The van der Waals surface area contributed by atoms with Crippen LogP contribution in [-0.4, -0.2) is 23.7 Å². The van der Waals surface area contributed by atoms with E-state index < -0.39 is 0 Å². The minimum absolute atomic E-state index is 0.0264. The number of ether oxygens (including phenoxy) is 2. The molecule has 0 saturated heterocycles. The van der Waals surface area contributed by atoms with Crippen molar-refractivity contribution in [3.8, 4) is 11.5 Å². The van der Waals surface area contributed by atoms with E-state index in [9.17, 15) is 10.2 Å². The van der Waals surface area contributed by atoms with Gasteiger partial charge in [-0.2, -0.15) is 0 Å². The van der Waals surface area contributed by atoms with Crippen molar-refractivity contribution in [3.05, 3.63) is 118 Å². The first-order valence-electron chi connectivity index (χ1n) is 12.6. The molecule has 4 aromatic rings. The van der Waals surface area contributed by atoms with Crippen molar-refractivity contribution < 1.29 is 19.7 Å². The van der Waals surface area contributed by atoms with Gasteiger partial charge in [0, 0.05) is 35.6 Å². The normalized spacial score (nSPS) is 14.4. The number of nitrogens with zero attached hydrogens (tertiary/aromatic N) is 2. The van der Waals surface area contributed by atoms with Gasteiger partial charge in [0.1, 0.15) is 11.5 Å². The summed E-state index contributed by atoms with van der Waals surface area (Å²) in [5.74, 6) is 1.72. The summed E-state index contributed by atoms with van der Waals surface area (Å²) in [7, 11) is 0. The second-order valence-electron chi connectivity index (χ2n) is 9.65. The summed E-state index contributed by atoms with van der Waals surface area (Å²) in [6.07, 6.45) is 0.868. The fourth-order valence-electron chi connectivity index (χ4n) is 4.94. The number of aliphatic hydroxyl groups excluding tert-OH is 2. The van der Waals surface area contributed by atoms with Gasteiger partial charge in [0.15, 0.2) is 13.5 Å². The average Bonchev–Trinajstić information content (AvgIpc) is 2.97. The molecular weight excluding hydrogens is 464 g/mol. The third-order valence-corrected chi connectivity index (χ3v) is 7.11. The van der Waals surface area contributed by atoms with Crippen molar-refractivity contribution in [1.29, 1.82) is 0 Å². The Hall–Kier alpha value is -4.00. The molecule has 0 radical (unpaired) electrons. The quantitative estimate of drug-likeness (QED) is 0.394. The van der Waals surface area contributed by atoms with Gasteiger partial charge < -0.3 is 29.5 Å². The molecule has 2 aliphatic heterocycles. The zero-order valence-electron chi connectivity index (χ0n) is 20.6. The molecule has 0 aliphatic carbocycles. The van der Waals surface area contributed by atoms with E-state index >= 15 is 0 Å². The molecule has 0 atom stereocenters. The van der Waals surface area contributed by atoms with Gasteiger partial charge in [-0.05, 0) is 65.1 Å². The van der Waals surface area contributed by atoms with Gasteiger partial charge in [0.25, 0.3) is 0 Å². The van der Waals surface area contributed by atoms with Crippen LogP contribution in [0.25, 0.3) is 0 Å². The molecule has 0 bridgehead atoms. The molecule has 0 fully saturated rings. The van der Waals surface area contributed by atoms with Crippen molar-refractivity contribution >= 4 is 11.4 Å². The third-order valence-electron chi connectivity index (χ3n) is 7.11. The Balaban J connectivity index is 1.08. The number of benzene rings is 4. The van der Waals surface area contributed by atoms with Crippen LogP contribution in [0.5, 0.6) is 11.5 Å². The van der Waals surface area contributed by atoms with Gasteiger partial charge in [0.05, 0.1) is 13.2 Å². The summed E-state index contributed by atoms with van der Waals surface area (Å²) >= 11 is 0. The van der Waals surface area contributed by atoms with Crippen LogP contribution in [0.2, 0.25) is 0 Å². The van der Waals surface area contributed by atoms with E-state index in [2.05, 4.69) is 58.3 Å². The Bertz CT molecular complexity index is 1280. The van der Waals surface area contributed by atoms with Crippen molar-refractivity contribution in [3.63, 3.8) is 0 Å². The number of anilines is 2. The summed E-state index contributed by atoms with van der Waals surface area (Å²) in [4.78, 5) is 4.42. The van der Waals surface area contributed by atoms with Crippen LogP contribution in [0.1, 0.15) is 33.4 Å². The lowest BCUT2D eigenvalue weighted by molar-refractivity contribution is 0.274. The van der Waals surface area contributed by atoms with E-state index in [4.69, 9.17) is 9.47 Å². The maximum atomic E-state index is 9.34. The Labute approximate surface area is 216 Å². The van der Waals surface area contributed by atoms with Crippen LogP contribution in [0.15, 0.2) is 84.9 Å². The van der Waals surface area contributed by atoms with E-state index in [-0.39, 0.29) is 13.2 Å². The molecule has 2 N–H and O–H groups in total. The second-order valence-corrected chi connectivity index (χ2v) is 9.65. The standard InChI is InChI=1S/C31H30N2O4/c34-18-24-1-7-26-16-32(20-36-30(26)14-24)28-9-3-22(4-10-28)13-23-5-11-29(12-6-23)33-17-27-8-2-25(19-35)15-31(27)37-21-33/h1-12,14-15,34-35H,13,16-21H2. The predicted octanol–water partition coefficient (Wildman–Crippen LogP) is 4.98. The fraction of sp³-hybridized carbons (Fsp3) is 0.226. The molecule has 0 saturated carbocycles. The van der Waals surface area contributed by atoms with Crippen LogP contribution in [-0.2, 0) is 32.7 Å². The lowest BCUT2D eigenvalue weighted by Gasteiger charge is -2.31. The SMILES string of the molecule is OCc1ccc2c(c1)OCN(c1ccc(Cc3ccc(N4COc5cc(CO)ccc5C4)cc3)cc1)C2. The van der Waals surface area contributed by atoms with Gasteiger partial charge in [-0.1, -0.05) is 48.5 Å². The van der Waals surface area contributed by atoms with E-state index in [0.717, 1.165) is 64.6 Å². The highest BCUT2D eigenvalue weighted by Crippen LogP contribution is 2.31. The smallest absolute Gasteiger partial charge is 0.161 e. The van der Waals surface area contributed by atoms with Gasteiger partial charge in [0.2, 0.25) is 0 Å². The highest BCUT2D eigenvalue weighted by Gasteiger charge is 2.19. The van der Waals surface area contributed by atoms with E-state index in [1.165, 1.54) is 11.1 Å². The average molecular weight is 495 g/mol. The number of rotatable bonds is 6. The lowest BCUT2D eigenvalue weighted by atomic mass is 10.0. The first-order valence-corrected chi connectivity index (χ1v) is 12.6. The molecule has 188 valence electrons. The van der Waals surface area contributed by atoms with Gasteiger partial charge in [-0.15, -0.1) is 0 Å². The summed E-state index contributed by atoms with van der Waals surface area (Å²) < 4.78 is 11.9. The number of aliphatic hydroxyl groups is 2. The monoisotopic (exact) mass is 494 g/mol. The zero-order valence-corrected chi connectivity index (χ0v) is 20.6. The molecule has 2 heterocycles. The number of hydrogen-bond acceptors (Lipinski definition) is 6. The second kappa shape index (κ2) is 10.2. The molecule has 4 aromatic carbocycles. The molecule has 6 heteroatoms. The Morgan fingerprint density at radius 1 is 0.541 bits per heavy atom. The first-order chi connectivity index (χ1) is 18.2. The first kappa shape index (κ1) is 23.4. The summed E-state index contributed by atoms with van der Waals surface area (Å²) in [6, 6.07) is 29.2. The molecule has 0 aromatic heterocycles. The molecule has 0 unspecified atom stereocenters. The van der Waals surface area contributed by atoms with Crippen molar-refractivity contribution in [2.75, 3.05) is 23.3 Å². The predicted molar refractivity (Wildman–Crippen MR) is 144 cm³/mol. The third kappa shape index (κ3) is 4.99. The summed E-state index contributed by atoms with van der Waals surface area (Å²) in [6.45, 7) is 2.62. The molecule has 2 aliphatic rings. The van der Waals surface area contributed by atoms with Crippen LogP contribution in [0, 0.1) is 0 Å². The van der Waals surface area contributed by atoms with Gasteiger partial charge in [-0.3, -0.25) is 0 Å². The summed E-state index contributed by atoms with van der Waals surface area (Å²) in [5.41, 5.74) is 8.79. The van der Waals surface area contributed by atoms with E-state index in [0.29, 0.717) is 13.5 Å². The van der Waals surface area contributed by atoms with Crippen LogP contribution < -0.4 is 19.3 Å². The van der Waals surface area contributed by atoms with Crippen LogP contribution in [0.4, 0.5) is 11.4 Å². The molecule has 0 spiro atoms. The highest BCUT2D eigenvalue weighted by atomic mass is 16.5. The van der Waals surface area contributed by atoms with Gasteiger partial charge >= 0.3 is 0 Å². The Morgan fingerprint density at radius 2 is 0.946 bits per heavy atom. The van der Waals surface area contributed by atoms with E-state index in [1.807, 2.05) is 36.4 Å². The fourth-order valence-corrected chi connectivity index (χ4v) is 4.94. The Kier molecular flexibility index (Phi) is 6.43. The molecule has 6 rings (SSSR count).